The third kappa shape index (κ3) is 3.80. The van der Waals surface area contributed by atoms with Crippen LogP contribution < -0.4 is 9.47 Å². The van der Waals surface area contributed by atoms with E-state index in [2.05, 4.69) is 52.8 Å². The lowest BCUT2D eigenvalue weighted by Gasteiger charge is -2.47. The van der Waals surface area contributed by atoms with E-state index in [9.17, 15) is 0 Å². The van der Waals surface area contributed by atoms with Gasteiger partial charge in [-0.25, -0.2) is 0 Å². The van der Waals surface area contributed by atoms with E-state index in [-0.39, 0.29) is 5.60 Å². The molecule has 1 aromatic rings. The van der Waals surface area contributed by atoms with Crippen LogP contribution in [0.25, 0.3) is 0 Å². The molecule has 2 nitrogen and oxygen atoms in total. The van der Waals surface area contributed by atoms with Gasteiger partial charge >= 0.3 is 0 Å². The van der Waals surface area contributed by atoms with Crippen molar-refractivity contribution in [1.82, 2.24) is 0 Å². The second-order valence-corrected chi connectivity index (χ2v) is 9.07. The summed E-state index contributed by atoms with van der Waals surface area (Å²) < 4.78 is 12.4. The minimum atomic E-state index is -0.133. The molecular weight excluding hydrogens is 320 g/mol. The molecule has 3 atom stereocenters. The number of rotatable bonds is 6. The summed E-state index contributed by atoms with van der Waals surface area (Å²) >= 11 is 0. The van der Waals surface area contributed by atoms with E-state index in [1.807, 2.05) is 0 Å². The van der Waals surface area contributed by atoms with Crippen LogP contribution in [0.1, 0.15) is 83.8 Å². The van der Waals surface area contributed by atoms with Crippen molar-refractivity contribution in [3.05, 3.63) is 34.9 Å². The number of allylic oxidation sites excluding steroid dienone is 2. The molecular formula is C24H36O2. The lowest BCUT2D eigenvalue weighted by molar-refractivity contribution is 0.00748. The van der Waals surface area contributed by atoms with Crippen LogP contribution in [0.4, 0.5) is 0 Å². The van der Waals surface area contributed by atoms with Gasteiger partial charge in [-0.1, -0.05) is 44.8 Å². The van der Waals surface area contributed by atoms with Gasteiger partial charge in [-0.2, -0.15) is 0 Å². The molecule has 144 valence electrons. The third-order valence-corrected chi connectivity index (χ3v) is 6.40. The predicted molar refractivity (Wildman–Crippen MR) is 109 cm³/mol. The van der Waals surface area contributed by atoms with Crippen LogP contribution >= 0.6 is 0 Å². The van der Waals surface area contributed by atoms with Gasteiger partial charge in [-0.3, -0.25) is 0 Å². The van der Waals surface area contributed by atoms with Crippen LogP contribution in [0.15, 0.2) is 23.8 Å². The average Bonchev–Trinajstić information content (AvgIpc) is 2.58. The molecule has 2 aliphatic rings. The van der Waals surface area contributed by atoms with Crippen LogP contribution in [0.3, 0.4) is 0 Å². The average molecular weight is 357 g/mol. The third-order valence-electron chi connectivity index (χ3n) is 6.40. The summed E-state index contributed by atoms with van der Waals surface area (Å²) in [5, 5.41) is 0. The first-order valence-electron chi connectivity index (χ1n) is 10.4. The Balaban J connectivity index is 1.96. The maximum Gasteiger partial charge on any atom is 0.127 e. The molecule has 0 N–H and O–H groups in total. The number of ether oxygens (including phenoxy) is 2. The van der Waals surface area contributed by atoms with E-state index < -0.39 is 0 Å². The molecule has 0 amide bonds. The van der Waals surface area contributed by atoms with Crippen molar-refractivity contribution in [2.75, 3.05) is 7.11 Å². The van der Waals surface area contributed by atoms with Gasteiger partial charge in [0.15, 0.2) is 0 Å². The van der Waals surface area contributed by atoms with Crippen molar-refractivity contribution in [2.45, 2.75) is 84.7 Å². The number of methoxy groups -OCH3 is 1. The number of fused-ring (bicyclic) bond motifs is 3. The van der Waals surface area contributed by atoms with E-state index in [0.29, 0.717) is 17.8 Å². The van der Waals surface area contributed by atoms with Crippen LogP contribution in [0.2, 0.25) is 0 Å². The first kappa shape index (κ1) is 19.3. The van der Waals surface area contributed by atoms with Crippen LogP contribution in [0.5, 0.6) is 11.5 Å². The number of benzene rings is 1. The predicted octanol–water partition coefficient (Wildman–Crippen LogP) is 6.67. The summed E-state index contributed by atoms with van der Waals surface area (Å²) in [5.74, 6) is 3.80. The Morgan fingerprint density at radius 3 is 2.77 bits per heavy atom. The first-order chi connectivity index (χ1) is 12.4. The molecule has 0 bridgehead atoms. The highest BCUT2D eigenvalue weighted by Gasteiger charge is 2.45. The molecule has 1 aromatic carbocycles. The smallest absolute Gasteiger partial charge is 0.127 e. The molecule has 2 heteroatoms. The van der Waals surface area contributed by atoms with E-state index in [4.69, 9.17) is 9.47 Å². The molecule has 0 unspecified atom stereocenters. The van der Waals surface area contributed by atoms with Crippen molar-refractivity contribution in [3.63, 3.8) is 0 Å². The molecule has 0 saturated heterocycles. The van der Waals surface area contributed by atoms with Crippen molar-refractivity contribution < 1.29 is 9.47 Å². The molecule has 0 spiro atoms. The molecule has 0 fully saturated rings. The Hall–Kier alpha value is -1.44. The van der Waals surface area contributed by atoms with Crippen molar-refractivity contribution >= 4 is 0 Å². The Labute approximate surface area is 160 Å². The zero-order chi connectivity index (χ0) is 18.9. The lowest BCUT2D eigenvalue weighted by Crippen LogP contribution is -2.45. The largest absolute Gasteiger partial charge is 0.496 e. The fourth-order valence-electron chi connectivity index (χ4n) is 4.94. The second kappa shape index (κ2) is 7.66. The van der Waals surface area contributed by atoms with Crippen molar-refractivity contribution in [1.29, 1.82) is 0 Å². The maximum atomic E-state index is 6.56. The highest BCUT2D eigenvalue weighted by atomic mass is 16.5. The molecule has 1 aliphatic carbocycles. The van der Waals surface area contributed by atoms with Gasteiger partial charge < -0.3 is 9.47 Å². The van der Waals surface area contributed by atoms with E-state index >= 15 is 0 Å². The molecule has 0 radical (unpaired) electrons. The number of hydrogen-bond donors (Lipinski definition) is 0. The van der Waals surface area contributed by atoms with Crippen LogP contribution in [0, 0.1) is 11.8 Å². The second-order valence-electron chi connectivity index (χ2n) is 9.07. The Bertz CT molecular complexity index is 671. The van der Waals surface area contributed by atoms with Gasteiger partial charge in [0, 0.05) is 17.4 Å². The van der Waals surface area contributed by atoms with Crippen LogP contribution in [-0.4, -0.2) is 12.7 Å². The van der Waals surface area contributed by atoms with Gasteiger partial charge in [0.05, 0.1) is 7.11 Å². The minimum Gasteiger partial charge on any atom is -0.496 e. The van der Waals surface area contributed by atoms with Crippen molar-refractivity contribution in [3.8, 4) is 11.5 Å². The summed E-state index contributed by atoms with van der Waals surface area (Å²) in [7, 11) is 1.81. The van der Waals surface area contributed by atoms with E-state index in [0.717, 1.165) is 30.8 Å². The van der Waals surface area contributed by atoms with Crippen molar-refractivity contribution in [2.24, 2.45) is 11.8 Å². The highest BCUT2D eigenvalue weighted by Crippen LogP contribution is 2.54. The summed E-state index contributed by atoms with van der Waals surface area (Å²) in [6, 6.07) is 4.57. The first-order valence-corrected chi connectivity index (χ1v) is 10.4. The fourth-order valence-corrected chi connectivity index (χ4v) is 4.94. The molecule has 26 heavy (non-hydrogen) atoms. The zero-order valence-corrected chi connectivity index (χ0v) is 17.5. The fraction of sp³-hybridized carbons (Fsp3) is 0.667. The Morgan fingerprint density at radius 1 is 1.31 bits per heavy atom. The molecule has 1 heterocycles. The highest BCUT2D eigenvalue weighted by molar-refractivity contribution is 5.53. The topological polar surface area (TPSA) is 18.5 Å². The maximum absolute atomic E-state index is 6.56. The number of unbranched alkanes of at least 4 members (excludes halogenated alkanes) is 1. The Kier molecular flexibility index (Phi) is 5.69. The SMILES string of the molecule is CCCC[C@@H](C)Cc1cc(OC)c2c(c1)OC(C)(C)[C@@H]1CC=C(C)C[C@@H]21. The molecule has 3 rings (SSSR count). The standard InChI is InChI=1S/C24H36O2/c1-7-8-9-16(2)12-18-14-21(25-6)23-19-13-17(3)10-11-20(19)24(4,5)26-22(23)15-18/h10,14-16,19-20H,7-9,11-13H2,1-6H3/t16-,19-,20-/m1/s1. The summed E-state index contributed by atoms with van der Waals surface area (Å²) in [6.07, 6.45) is 9.58. The monoisotopic (exact) mass is 356 g/mol. The quantitative estimate of drug-likeness (QED) is 0.530. The summed E-state index contributed by atoms with van der Waals surface area (Å²) in [6.45, 7) is 11.4. The zero-order valence-electron chi connectivity index (χ0n) is 17.5. The molecule has 0 aromatic heterocycles. The summed E-state index contributed by atoms with van der Waals surface area (Å²) in [4.78, 5) is 0. The van der Waals surface area contributed by atoms with Gasteiger partial charge in [0.25, 0.3) is 0 Å². The van der Waals surface area contributed by atoms with Gasteiger partial charge in [-0.05, 0) is 63.6 Å². The normalized spacial score (nSPS) is 24.8. The van der Waals surface area contributed by atoms with E-state index in [1.165, 1.54) is 36.0 Å². The van der Waals surface area contributed by atoms with Crippen LogP contribution in [-0.2, 0) is 6.42 Å². The van der Waals surface area contributed by atoms with Gasteiger partial charge in [0.2, 0.25) is 0 Å². The van der Waals surface area contributed by atoms with E-state index in [1.54, 1.807) is 7.11 Å². The molecule has 1 aliphatic heterocycles. The molecule has 0 saturated carbocycles. The Morgan fingerprint density at radius 2 is 2.08 bits per heavy atom. The minimum absolute atomic E-state index is 0.133. The van der Waals surface area contributed by atoms with Gasteiger partial charge in [0.1, 0.15) is 17.1 Å². The number of hydrogen-bond acceptors (Lipinski definition) is 2. The lowest BCUT2D eigenvalue weighted by atomic mass is 9.67. The summed E-state index contributed by atoms with van der Waals surface area (Å²) in [5.41, 5.74) is 4.01. The van der Waals surface area contributed by atoms with Gasteiger partial charge in [-0.15, -0.1) is 0 Å².